The molecule has 0 aliphatic carbocycles. The molecule has 1 N–H and O–H groups in total. The van der Waals surface area contributed by atoms with Crippen molar-refractivity contribution in [2.75, 3.05) is 6.61 Å². The third-order valence-electron chi connectivity index (χ3n) is 9.35. The number of rotatable bonds is 14. The summed E-state index contributed by atoms with van der Waals surface area (Å²) in [6.07, 6.45) is -4.04. The second-order valence-electron chi connectivity index (χ2n) is 13.8. The lowest BCUT2D eigenvalue weighted by Crippen LogP contribution is -2.68. The summed E-state index contributed by atoms with van der Waals surface area (Å²) >= 11 is 0. The summed E-state index contributed by atoms with van der Waals surface area (Å²) in [5.74, 6) is 0. The van der Waals surface area contributed by atoms with Crippen molar-refractivity contribution < 1.29 is 28.5 Å². The highest BCUT2D eigenvalue weighted by atomic mass is 28.4. The molecule has 260 valence electrons. The molecule has 0 aromatic heterocycles. The van der Waals surface area contributed by atoms with Crippen molar-refractivity contribution in [3.63, 3.8) is 0 Å². The first kappa shape index (κ1) is 35.9. The molecule has 0 radical (unpaired) electrons. The van der Waals surface area contributed by atoms with Crippen LogP contribution in [-0.4, -0.2) is 50.7 Å². The zero-order chi connectivity index (χ0) is 34.8. The first-order valence-electron chi connectivity index (χ1n) is 17.4. The number of benzene rings is 5. The van der Waals surface area contributed by atoms with Crippen molar-refractivity contribution in [1.82, 2.24) is 0 Å². The van der Waals surface area contributed by atoms with E-state index < -0.39 is 39.0 Å². The van der Waals surface area contributed by atoms with Gasteiger partial charge in [-0.2, -0.15) is 0 Å². The van der Waals surface area contributed by atoms with E-state index in [0.29, 0.717) is 13.2 Å². The van der Waals surface area contributed by atoms with Crippen molar-refractivity contribution in [3.8, 4) is 0 Å². The summed E-state index contributed by atoms with van der Waals surface area (Å²) in [4.78, 5) is 0. The van der Waals surface area contributed by atoms with Crippen LogP contribution in [0.3, 0.4) is 0 Å². The van der Waals surface area contributed by atoms with Crippen LogP contribution in [-0.2, 0) is 43.2 Å². The van der Waals surface area contributed by atoms with Crippen molar-refractivity contribution in [3.05, 3.63) is 168 Å². The van der Waals surface area contributed by atoms with Gasteiger partial charge in [-0.05, 0) is 32.1 Å². The minimum Gasteiger partial charge on any atom is -0.405 e. The maximum Gasteiger partial charge on any atom is 0.261 e. The standard InChI is InChI=1S/C43H48O6Si/c1-43(2,3)50(36-25-15-7-16-26-36,37-27-17-8-18-28-37)48-32-38-39(45-29-33-19-9-4-10-20-33)40(46-30-34-21-11-5-12-22-34)41(42(44)49-38)47-31-35-23-13-6-14-24-35/h4-28,38-42,44H,29-32H2,1-3H3/t38-,39+,40+,41-,42+/m1/s1. The molecule has 0 spiro atoms. The monoisotopic (exact) mass is 688 g/mol. The summed E-state index contributed by atoms with van der Waals surface area (Å²) in [6.45, 7) is 7.86. The second kappa shape index (κ2) is 16.9. The van der Waals surface area contributed by atoms with Crippen LogP contribution in [0.25, 0.3) is 0 Å². The molecule has 1 aliphatic rings. The van der Waals surface area contributed by atoms with Crippen LogP contribution in [0.15, 0.2) is 152 Å². The average molecular weight is 689 g/mol. The first-order valence-corrected chi connectivity index (χ1v) is 19.3. The lowest BCUT2D eigenvalue weighted by atomic mass is 9.98. The minimum absolute atomic E-state index is 0.181. The van der Waals surface area contributed by atoms with Gasteiger partial charge in [-0.3, -0.25) is 0 Å². The van der Waals surface area contributed by atoms with Gasteiger partial charge in [0.15, 0.2) is 6.29 Å². The van der Waals surface area contributed by atoms with E-state index in [1.165, 1.54) is 0 Å². The second-order valence-corrected chi connectivity index (χ2v) is 18.1. The molecule has 6 nitrogen and oxygen atoms in total. The summed E-state index contributed by atoms with van der Waals surface area (Å²) in [6, 6.07) is 51.0. The summed E-state index contributed by atoms with van der Waals surface area (Å²) in [5, 5.41) is 13.8. The largest absolute Gasteiger partial charge is 0.405 e. The van der Waals surface area contributed by atoms with Crippen LogP contribution < -0.4 is 10.4 Å². The lowest BCUT2D eigenvalue weighted by Gasteiger charge is -2.47. The SMILES string of the molecule is CC(C)(C)[Si](OC[C@H]1O[C@H](O)[C@H](OCc2ccccc2)[C@@H](OCc2ccccc2)[C@H]1OCc1ccccc1)(c1ccccc1)c1ccccc1. The molecule has 6 rings (SSSR count). The fraction of sp³-hybridized carbons (Fsp3) is 0.302. The Bertz CT molecular complexity index is 1660. The van der Waals surface area contributed by atoms with Gasteiger partial charge in [-0.15, -0.1) is 0 Å². The van der Waals surface area contributed by atoms with E-state index in [-0.39, 0.29) is 18.3 Å². The molecule has 1 saturated heterocycles. The van der Waals surface area contributed by atoms with Crippen LogP contribution in [0.2, 0.25) is 5.04 Å². The molecule has 5 aromatic rings. The predicted molar refractivity (Wildman–Crippen MR) is 200 cm³/mol. The van der Waals surface area contributed by atoms with E-state index in [2.05, 4.69) is 69.3 Å². The quantitative estimate of drug-likeness (QED) is 0.126. The number of ether oxygens (including phenoxy) is 4. The van der Waals surface area contributed by atoms with Gasteiger partial charge >= 0.3 is 0 Å². The molecule has 1 aliphatic heterocycles. The van der Waals surface area contributed by atoms with Crippen molar-refractivity contribution >= 4 is 18.7 Å². The minimum atomic E-state index is -2.93. The zero-order valence-electron chi connectivity index (χ0n) is 29.1. The molecular weight excluding hydrogens is 641 g/mol. The van der Waals surface area contributed by atoms with Crippen molar-refractivity contribution in [1.29, 1.82) is 0 Å². The van der Waals surface area contributed by atoms with E-state index in [1.54, 1.807) is 0 Å². The third kappa shape index (κ3) is 8.50. The number of hydrogen-bond donors (Lipinski definition) is 1. The topological polar surface area (TPSA) is 66.4 Å². The van der Waals surface area contributed by atoms with E-state index in [1.807, 2.05) is 103 Å². The third-order valence-corrected chi connectivity index (χ3v) is 14.4. The molecule has 0 bridgehead atoms. The van der Waals surface area contributed by atoms with Crippen LogP contribution in [0.1, 0.15) is 37.5 Å². The molecule has 5 aromatic carbocycles. The van der Waals surface area contributed by atoms with E-state index in [9.17, 15) is 5.11 Å². The average Bonchev–Trinajstić information content (AvgIpc) is 3.15. The Morgan fingerprint density at radius 1 is 0.520 bits per heavy atom. The Kier molecular flexibility index (Phi) is 12.1. The highest BCUT2D eigenvalue weighted by Crippen LogP contribution is 2.38. The Morgan fingerprint density at radius 2 is 0.880 bits per heavy atom. The summed E-state index contributed by atoms with van der Waals surface area (Å²) in [7, 11) is -2.93. The molecule has 7 heteroatoms. The van der Waals surface area contributed by atoms with Gasteiger partial charge in [0.2, 0.25) is 0 Å². The molecule has 5 atom stereocenters. The summed E-state index contributed by atoms with van der Waals surface area (Å²) in [5.41, 5.74) is 3.02. The normalized spacial score (nSPS) is 21.2. The Morgan fingerprint density at radius 3 is 1.28 bits per heavy atom. The molecular formula is C43H48O6Si. The van der Waals surface area contributed by atoms with E-state index in [0.717, 1.165) is 27.1 Å². The van der Waals surface area contributed by atoms with E-state index >= 15 is 0 Å². The smallest absolute Gasteiger partial charge is 0.261 e. The highest BCUT2D eigenvalue weighted by Gasteiger charge is 2.53. The highest BCUT2D eigenvalue weighted by molar-refractivity contribution is 6.99. The van der Waals surface area contributed by atoms with Crippen LogP contribution in [0, 0.1) is 0 Å². The zero-order valence-corrected chi connectivity index (χ0v) is 30.1. The number of aliphatic hydroxyl groups excluding tert-OH is 1. The van der Waals surface area contributed by atoms with Gasteiger partial charge < -0.3 is 28.5 Å². The fourth-order valence-electron chi connectivity index (χ4n) is 6.87. The molecule has 0 amide bonds. The first-order chi connectivity index (χ1) is 24.3. The van der Waals surface area contributed by atoms with Gasteiger partial charge in [0.25, 0.3) is 8.32 Å². The summed E-state index contributed by atoms with van der Waals surface area (Å²) < 4.78 is 33.7. The molecule has 0 unspecified atom stereocenters. The maximum absolute atomic E-state index is 11.7. The maximum atomic E-state index is 11.7. The fourth-order valence-corrected chi connectivity index (χ4v) is 11.4. The Balaban J connectivity index is 1.36. The van der Waals surface area contributed by atoms with Gasteiger partial charge in [0, 0.05) is 0 Å². The van der Waals surface area contributed by atoms with E-state index in [4.69, 9.17) is 23.4 Å². The Labute approximate surface area is 297 Å². The van der Waals surface area contributed by atoms with Gasteiger partial charge in [-0.25, -0.2) is 0 Å². The van der Waals surface area contributed by atoms with Crippen molar-refractivity contribution in [2.45, 2.75) is 76.3 Å². The number of aliphatic hydroxyl groups is 1. The molecule has 1 heterocycles. The van der Waals surface area contributed by atoms with Gasteiger partial charge in [0.1, 0.15) is 24.4 Å². The molecule has 50 heavy (non-hydrogen) atoms. The number of hydrogen-bond acceptors (Lipinski definition) is 6. The van der Waals surface area contributed by atoms with Crippen LogP contribution >= 0.6 is 0 Å². The van der Waals surface area contributed by atoms with Crippen LogP contribution in [0.5, 0.6) is 0 Å². The van der Waals surface area contributed by atoms with Gasteiger partial charge in [-0.1, -0.05) is 172 Å². The lowest BCUT2D eigenvalue weighted by molar-refractivity contribution is -0.314. The Hall–Kier alpha value is -3.92. The van der Waals surface area contributed by atoms with Crippen LogP contribution in [0.4, 0.5) is 0 Å². The molecule has 1 fully saturated rings. The van der Waals surface area contributed by atoms with Gasteiger partial charge in [0.05, 0.1) is 26.4 Å². The predicted octanol–water partition coefficient (Wildman–Crippen LogP) is 7.04. The van der Waals surface area contributed by atoms with Crippen molar-refractivity contribution in [2.24, 2.45) is 0 Å². The molecule has 0 saturated carbocycles.